The van der Waals surface area contributed by atoms with Crippen molar-refractivity contribution in [3.8, 4) is 5.75 Å². The van der Waals surface area contributed by atoms with Crippen LogP contribution in [0, 0.1) is 0 Å². The molecule has 26 heavy (non-hydrogen) atoms. The molecule has 0 saturated carbocycles. The van der Waals surface area contributed by atoms with Crippen LogP contribution in [0.2, 0.25) is 5.02 Å². The lowest BCUT2D eigenvalue weighted by Gasteiger charge is -2.22. The van der Waals surface area contributed by atoms with Crippen LogP contribution in [-0.4, -0.2) is 51.9 Å². The number of benzene rings is 1. The summed E-state index contributed by atoms with van der Waals surface area (Å²) in [5.74, 6) is 1.33. The Morgan fingerprint density at radius 2 is 2.12 bits per heavy atom. The van der Waals surface area contributed by atoms with Crippen molar-refractivity contribution in [2.75, 3.05) is 46.3 Å². The number of halogens is 1. The van der Waals surface area contributed by atoms with Gasteiger partial charge < -0.3 is 24.5 Å². The van der Waals surface area contributed by atoms with Gasteiger partial charge in [0.1, 0.15) is 18.1 Å². The van der Waals surface area contributed by atoms with Gasteiger partial charge in [0.05, 0.1) is 23.9 Å². The molecule has 1 atom stereocenters. The van der Waals surface area contributed by atoms with Gasteiger partial charge in [-0.05, 0) is 44.4 Å². The molecule has 8 heteroatoms. The highest BCUT2D eigenvalue weighted by atomic mass is 35.5. The summed E-state index contributed by atoms with van der Waals surface area (Å²) in [6.45, 7) is 1.28. The number of carbonyl (C=O) groups excluding carboxylic acids is 1. The Morgan fingerprint density at radius 1 is 1.31 bits per heavy atom. The van der Waals surface area contributed by atoms with Crippen LogP contribution >= 0.6 is 11.6 Å². The highest BCUT2D eigenvalue weighted by Crippen LogP contribution is 2.27. The molecule has 1 aromatic heterocycles. The van der Waals surface area contributed by atoms with Crippen molar-refractivity contribution in [1.82, 2.24) is 10.2 Å². The SMILES string of the molecule is COCCOc1ccc(NC(=O)NCC(c2ccco2)N(C)C)cc1Cl. The van der Waals surface area contributed by atoms with Crippen molar-refractivity contribution >= 4 is 23.3 Å². The van der Waals surface area contributed by atoms with Gasteiger partial charge in [-0.3, -0.25) is 4.90 Å². The molecule has 1 aromatic carbocycles. The van der Waals surface area contributed by atoms with E-state index >= 15 is 0 Å². The van der Waals surface area contributed by atoms with Crippen LogP contribution in [0.3, 0.4) is 0 Å². The van der Waals surface area contributed by atoms with Crippen LogP contribution in [-0.2, 0) is 4.74 Å². The first-order valence-corrected chi connectivity index (χ1v) is 8.55. The van der Waals surface area contributed by atoms with Crippen molar-refractivity contribution in [2.24, 2.45) is 0 Å². The minimum Gasteiger partial charge on any atom is -0.490 e. The van der Waals surface area contributed by atoms with Gasteiger partial charge in [0.25, 0.3) is 0 Å². The number of urea groups is 1. The Kier molecular flexibility index (Phi) is 7.77. The lowest BCUT2D eigenvalue weighted by Crippen LogP contribution is -2.36. The lowest BCUT2D eigenvalue weighted by atomic mass is 10.2. The zero-order valence-corrected chi connectivity index (χ0v) is 15.9. The van der Waals surface area contributed by atoms with E-state index in [2.05, 4.69) is 10.6 Å². The number of rotatable bonds is 9. The van der Waals surface area contributed by atoms with Crippen molar-refractivity contribution in [1.29, 1.82) is 0 Å². The Balaban J connectivity index is 1.88. The average Bonchev–Trinajstić information content (AvgIpc) is 3.11. The second kappa shape index (κ2) is 10.1. The fraction of sp³-hybridized carbons (Fsp3) is 0.389. The van der Waals surface area contributed by atoms with E-state index < -0.39 is 0 Å². The van der Waals surface area contributed by atoms with Crippen molar-refractivity contribution in [3.05, 3.63) is 47.4 Å². The van der Waals surface area contributed by atoms with Crippen LogP contribution < -0.4 is 15.4 Å². The van der Waals surface area contributed by atoms with Crippen LogP contribution in [0.5, 0.6) is 5.75 Å². The average molecular weight is 382 g/mol. The number of carbonyl (C=O) groups is 1. The fourth-order valence-electron chi connectivity index (χ4n) is 2.31. The summed E-state index contributed by atoms with van der Waals surface area (Å²) in [4.78, 5) is 14.1. The molecule has 7 nitrogen and oxygen atoms in total. The zero-order valence-electron chi connectivity index (χ0n) is 15.1. The molecule has 0 aliphatic heterocycles. The third-order valence-electron chi connectivity index (χ3n) is 3.69. The molecule has 0 fully saturated rings. The minimum absolute atomic E-state index is 0.0594. The normalized spacial score (nSPS) is 12.0. The Morgan fingerprint density at radius 3 is 2.73 bits per heavy atom. The second-order valence-electron chi connectivity index (χ2n) is 5.82. The van der Waals surface area contributed by atoms with Crippen LogP contribution in [0.25, 0.3) is 0 Å². The molecule has 0 radical (unpaired) electrons. The highest BCUT2D eigenvalue weighted by molar-refractivity contribution is 6.32. The molecule has 1 heterocycles. The number of hydrogen-bond donors (Lipinski definition) is 2. The lowest BCUT2D eigenvalue weighted by molar-refractivity contribution is 0.146. The maximum Gasteiger partial charge on any atom is 0.319 e. The van der Waals surface area contributed by atoms with Crippen LogP contribution in [0.1, 0.15) is 11.8 Å². The van der Waals surface area contributed by atoms with Crippen molar-refractivity contribution < 1.29 is 18.7 Å². The summed E-state index contributed by atoms with van der Waals surface area (Å²) in [7, 11) is 5.45. The Hall–Kier alpha value is -2.22. The topological polar surface area (TPSA) is 76.0 Å². The van der Waals surface area contributed by atoms with Gasteiger partial charge >= 0.3 is 6.03 Å². The second-order valence-corrected chi connectivity index (χ2v) is 6.22. The quantitative estimate of drug-likeness (QED) is 0.651. The fourth-order valence-corrected chi connectivity index (χ4v) is 2.55. The number of likely N-dealkylation sites (N-methyl/N-ethyl adjacent to an activating group) is 1. The van der Waals surface area contributed by atoms with Crippen molar-refractivity contribution in [2.45, 2.75) is 6.04 Å². The standard InChI is InChI=1S/C18H24ClN3O4/c1-22(2)15(17-5-4-8-25-17)12-20-18(23)21-13-6-7-16(14(19)11-13)26-10-9-24-3/h4-8,11,15H,9-10,12H2,1-3H3,(H2,20,21,23). The predicted molar refractivity (Wildman–Crippen MR) is 101 cm³/mol. The molecule has 0 aliphatic rings. The third kappa shape index (κ3) is 5.94. The first-order chi connectivity index (χ1) is 12.5. The smallest absolute Gasteiger partial charge is 0.319 e. The van der Waals surface area contributed by atoms with Gasteiger partial charge in [-0.25, -0.2) is 4.79 Å². The first kappa shape index (κ1) is 20.1. The van der Waals surface area contributed by atoms with E-state index in [-0.39, 0.29) is 12.1 Å². The molecule has 2 amide bonds. The number of furan rings is 1. The van der Waals surface area contributed by atoms with E-state index in [9.17, 15) is 4.79 Å². The molecule has 142 valence electrons. The molecule has 0 spiro atoms. The minimum atomic E-state index is -0.326. The molecule has 2 rings (SSSR count). The van der Waals surface area contributed by atoms with Gasteiger partial charge in [-0.15, -0.1) is 0 Å². The van der Waals surface area contributed by atoms with E-state index in [0.717, 1.165) is 5.76 Å². The number of ether oxygens (including phenoxy) is 2. The van der Waals surface area contributed by atoms with Crippen molar-refractivity contribution in [3.63, 3.8) is 0 Å². The summed E-state index contributed by atoms with van der Waals surface area (Å²) < 4.78 is 15.8. The number of nitrogens with one attached hydrogen (secondary N) is 2. The van der Waals surface area contributed by atoms with Gasteiger partial charge in [-0.1, -0.05) is 11.6 Å². The highest BCUT2D eigenvalue weighted by Gasteiger charge is 2.18. The summed E-state index contributed by atoms with van der Waals surface area (Å²) in [5, 5.41) is 6.00. The maximum absolute atomic E-state index is 12.2. The Labute approximate surface area is 158 Å². The molecule has 1 unspecified atom stereocenters. The predicted octanol–water partition coefficient (Wildman–Crippen LogP) is 3.38. The molecular weight excluding hydrogens is 358 g/mol. The summed E-state index contributed by atoms with van der Waals surface area (Å²) in [6, 6.07) is 8.39. The number of anilines is 1. The van der Waals surface area contributed by atoms with E-state index in [0.29, 0.717) is 36.2 Å². The number of methoxy groups -OCH3 is 1. The molecule has 0 aliphatic carbocycles. The van der Waals surface area contributed by atoms with Gasteiger partial charge in [-0.2, -0.15) is 0 Å². The van der Waals surface area contributed by atoms with E-state index in [1.807, 2.05) is 31.1 Å². The Bertz CT molecular complexity index is 692. The maximum atomic E-state index is 12.2. The molecule has 0 bridgehead atoms. The largest absolute Gasteiger partial charge is 0.490 e. The van der Waals surface area contributed by atoms with Crippen LogP contribution in [0.4, 0.5) is 10.5 Å². The van der Waals surface area contributed by atoms with Crippen LogP contribution in [0.15, 0.2) is 41.0 Å². The van der Waals surface area contributed by atoms with E-state index in [4.69, 9.17) is 25.5 Å². The van der Waals surface area contributed by atoms with Gasteiger partial charge in [0, 0.05) is 19.3 Å². The third-order valence-corrected chi connectivity index (χ3v) is 3.98. The number of hydrogen-bond acceptors (Lipinski definition) is 5. The first-order valence-electron chi connectivity index (χ1n) is 8.17. The van der Waals surface area contributed by atoms with E-state index in [1.165, 1.54) is 0 Å². The molecular formula is C18H24ClN3O4. The van der Waals surface area contributed by atoms with E-state index in [1.54, 1.807) is 31.6 Å². The summed E-state index contributed by atoms with van der Waals surface area (Å²) >= 11 is 6.17. The molecule has 0 saturated heterocycles. The summed E-state index contributed by atoms with van der Waals surface area (Å²) in [5.41, 5.74) is 0.575. The zero-order chi connectivity index (χ0) is 18.9. The van der Waals surface area contributed by atoms with Gasteiger partial charge in [0.2, 0.25) is 0 Å². The van der Waals surface area contributed by atoms with Gasteiger partial charge in [0.15, 0.2) is 0 Å². The molecule has 2 N–H and O–H groups in total. The summed E-state index contributed by atoms with van der Waals surface area (Å²) in [6.07, 6.45) is 1.62. The molecule has 2 aromatic rings. The number of nitrogens with zero attached hydrogens (tertiary/aromatic N) is 1. The monoisotopic (exact) mass is 381 g/mol. The number of amides is 2.